The lowest BCUT2D eigenvalue weighted by atomic mass is 9.81. The zero-order valence-electron chi connectivity index (χ0n) is 33.0. The second-order valence-electron chi connectivity index (χ2n) is 15.8. The molecule has 59 heavy (non-hydrogen) atoms. The fourth-order valence-corrected chi connectivity index (χ4v) is 8.86. The summed E-state index contributed by atoms with van der Waals surface area (Å²) in [5.41, 5.74) is 16.1. The minimum Gasteiger partial charge on any atom is -0.300 e. The Labute approximate surface area is 345 Å². The molecule has 10 rings (SSSR count). The monoisotopic (exact) mass is 755 g/mol. The first kappa shape index (κ1) is 35.9. The molecule has 0 atom stereocenters. The van der Waals surface area contributed by atoms with Crippen LogP contribution in [0.3, 0.4) is 0 Å². The minimum absolute atomic E-state index is 0.0901. The van der Waals surface area contributed by atoms with Crippen molar-refractivity contribution in [3.8, 4) is 44.5 Å². The molecule has 1 heterocycles. The number of nitrogens with zero attached hydrogens (tertiary/aromatic N) is 2. The SMILES string of the molecule is CC1(C)c2cccc(-c3ccc(-c4ccc(/C(=C/C(=N)c5ccc(-c6cccnc6)cc5)N=Cc5ccccc5)c5ccccc45)cc3)c2-c2c1ccc1ccccc21. The predicted molar refractivity (Wildman–Crippen MR) is 248 cm³/mol. The molecular weight excluding hydrogens is 715 g/mol. The summed E-state index contributed by atoms with van der Waals surface area (Å²) in [5, 5.41) is 14.0. The Balaban J connectivity index is 1.03. The van der Waals surface area contributed by atoms with Gasteiger partial charge in [0, 0.05) is 29.6 Å². The van der Waals surface area contributed by atoms with E-state index in [2.05, 4.69) is 134 Å². The lowest BCUT2D eigenvalue weighted by Crippen LogP contribution is -2.14. The molecule has 1 aliphatic rings. The first-order valence-electron chi connectivity index (χ1n) is 20.1. The van der Waals surface area contributed by atoms with Crippen molar-refractivity contribution in [3.63, 3.8) is 0 Å². The number of benzene rings is 8. The van der Waals surface area contributed by atoms with E-state index in [4.69, 9.17) is 4.99 Å². The third-order valence-corrected chi connectivity index (χ3v) is 11.9. The molecular formula is C56H41N3. The molecule has 9 aromatic rings. The highest BCUT2D eigenvalue weighted by Crippen LogP contribution is 2.54. The summed E-state index contributed by atoms with van der Waals surface area (Å²) < 4.78 is 0. The molecule has 3 nitrogen and oxygen atoms in total. The van der Waals surface area contributed by atoms with Crippen LogP contribution >= 0.6 is 0 Å². The largest absolute Gasteiger partial charge is 0.300 e. The van der Waals surface area contributed by atoms with E-state index in [0.29, 0.717) is 5.71 Å². The second-order valence-corrected chi connectivity index (χ2v) is 15.8. The third-order valence-electron chi connectivity index (χ3n) is 11.9. The lowest BCUT2D eigenvalue weighted by molar-refractivity contribution is 0.661. The number of fused-ring (bicyclic) bond motifs is 6. The molecule has 0 radical (unpaired) electrons. The van der Waals surface area contributed by atoms with Gasteiger partial charge in [-0.1, -0.05) is 190 Å². The van der Waals surface area contributed by atoms with Crippen LogP contribution in [0.1, 0.15) is 41.7 Å². The molecule has 280 valence electrons. The topological polar surface area (TPSA) is 49.1 Å². The van der Waals surface area contributed by atoms with Crippen molar-refractivity contribution < 1.29 is 0 Å². The Kier molecular flexibility index (Phi) is 8.99. The van der Waals surface area contributed by atoms with E-state index in [1.165, 1.54) is 44.2 Å². The molecule has 0 saturated heterocycles. The first-order valence-corrected chi connectivity index (χ1v) is 20.1. The Hall–Kier alpha value is -7.49. The van der Waals surface area contributed by atoms with Gasteiger partial charge < -0.3 is 5.41 Å². The Bertz CT molecular complexity index is 3100. The maximum absolute atomic E-state index is 9.23. The minimum atomic E-state index is -0.0901. The van der Waals surface area contributed by atoms with Gasteiger partial charge in [-0.15, -0.1) is 0 Å². The van der Waals surface area contributed by atoms with Gasteiger partial charge >= 0.3 is 0 Å². The van der Waals surface area contributed by atoms with E-state index < -0.39 is 0 Å². The maximum atomic E-state index is 9.23. The predicted octanol–water partition coefficient (Wildman–Crippen LogP) is 14.2. The smallest absolute Gasteiger partial charge is 0.0729 e. The summed E-state index contributed by atoms with van der Waals surface area (Å²) in [6.07, 6.45) is 7.40. The molecule has 0 spiro atoms. The van der Waals surface area contributed by atoms with Gasteiger partial charge in [0.2, 0.25) is 0 Å². The van der Waals surface area contributed by atoms with Crippen molar-refractivity contribution in [3.05, 3.63) is 228 Å². The highest BCUT2D eigenvalue weighted by atomic mass is 14.7. The van der Waals surface area contributed by atoms with Crippen LogP contribution in [0.4, 0.5) is 0 Å². The zero-order valence-corrected chi connectivity index (χ0v) is 33.0. The van der Waals surface area contributed by atoms with E-state index >= 15 is 0 Å². The molecule has 0 bridgehead atoms. The molecule has 3 heteroatoms. The van der Waals surface area contributed by atoms with Crippen LogP contribution in [0, 0.1) is 5.41 Å². The molecule has 0 amide bonds. The average molecular weight is 756 g/mol. The summed E-state index contributed by atoms with van der Waals surface area (Å²) in [7, 11) is 0. The number of hydrogen-bond donors (Lipinski definition) is 1. The van der Waals surface area contributed by atoms with Crippen molar-refractivity contribution >= 4 is 39.2 Å². The van der Waals surface area contributed by atoms with E-state index in [1.807, 2.05) is 85.2 Å². The van der Waals surface area contributed by atoms with E-state index in [0.717, 1.165) is 55.4 Å². The van der Waals surface area contributed by atoms with Gasteiger partial charge in [0.05, 0.1) is 11.4 Å². The summed E-state index contributed by atoms with van der Waals surface area (Å²) in [6.45, 7) is 4.71. The van der Waals surface area contributed by atoms with Gasteiger partial charge in [-0.2, -0.15) is 0 Å². The summed E-state index contributed by atoms with van der Waals surface area (Å²) in [6, 6.07) is 64.3. The molecule has 0 saturated carbocycles. The van der Waals surface area contributed by atoms with Crippen LogP contribution in [0.25, 0.3) is 71.7 Å². The molecule has 8 aromatic carbocycles. The number of allylic oxidation sites excluding steroid dienone is 1. The van der Waals surface area contributed by atoms with E-state index in [9.17, 15) is 5.41 Å². The quantitative estimate of drug-likeness (QED) is 0.154. The molecule has 1 N–H and O–H groups in total. The normalized spacial score (nSPS) is 13.2. The van der Waals surface area contributed by atoms with Crippen LogP contribution in [0.5, 0.6) is 0 Å². The summed E-state index contributed by atoms with van der Waals surface area (Å²) >= 11 is 0. The molecule has 0 fully saturated rings. The highest BCUT2D eigenvalue weighted by molar-refractivity contribution is 6.13. The summed E-state index contributed by atoms with van der Waals surface area (Å²) in [4.78, 5) is 9.32. The standard InChI is InChI=1S/C56H41N3/c1-56(2)50-20-10-19-46(54(50)55-45-16-7-6-14-39(45)29-32-51(55)56)41-25-23-40(24-26-41)44-30-31-49(48-18-9-8-17-47(44)48)53(59-35-37-12-4-3-5-13-37)34-52(57)42-27-21-38(22-28-42)43-15-11-33-58-36-43/h3-36,57H,1-2H3/b53-34-,57-52?,59-35?. The number of pyridine rings is 1. The van der Waals surface area contributed by atoms with Crippen molar-refractivity contribution in [2.24, 2.45) is 4.99 Å². The molecule has 0 unspecified atom stereocenters. The molecule has 1 aliphatic carbocycles. The van der Waals surface area contributed by atoms with E-state index in [1.54, 1.807) is 6.20 Å². The number of rotatable bonds is 8. The number of hydrogen-bond acceptors (Lipinski definition) is 3. The van der Waals surface area contributed by atoms with Crippen molar-refractivity contribution in [2.45, 2.75) is 19.3 Å². The van der Waals surface area contributed by atoms with Crippen molar-refractivity contribution in [1.29, 1.82) is 5.41 Å². The lowest BCUT2D eigenvalue weighted by Gasteiger charge is -2.21. The number of aliphatic imine (C=N–C) groups is 1. The Morgan fingerprint density at radius 3 is 1.97 bits per heavy atom. The average Bonchev–Trinajstić information content (AvgIpc) is 3.54. The van der Waals surface area contributed by atoms with Crippen LogP contribution in [0.2, 0.25) is 0 Å². The maximum Gasteiger partial charge on any atom is 0.0729 e. The van der Waals surface area contributed by atoms with Crippen LogP contribution in [-0.2, 0) is 5.41 Å². The Morgan fingerprint density at radius 2 is 1.20 bits per heavy atom. The fourth-order valence-electron chi connectivity index (χ4n) is 8.86. The van der Waals surface area contributed by atoms with Crippen LogP contribution in [0.15, 0.2) is 205 Å². The first-order chi connectivity index (χ1) is 28.9. The van der Waals surface area contributed by atoms with Gasteiger partial charge in [-0.25, -0.2) is 0 Å². The highest BCUT2D eigenvalue weighted by Gasteiger charge is 2.37. The van der Waals surface area contributed by atoms with Gasteiger partial charge in [-0.05, 0) is 100 Å². The second kappa shape index (κ2) is 14.8. The van der Waals surface area contributed by atoms with Gasteiger partial charge in [-0.3, -0.25) is 9.98 Å². The third kappa shape index (κ3) is 6.47. The van der Waals surface area contributed by atoms with E-state index in [-0.39, 0.29) is 5.41 Å². The molecule has 0 aliphatic heterocycles. The van der Waals surface area contributed by atoms with Gasteiger partial charge in [0.1, 0.15) is 0 Å². The zero-order chi connectivity index (χ0) is 39.9. The van der Waals surface area contributed by atoms with Crippen molar-refractivity contribution in [1.82, 2.24) is 4.98 Å². The number of nitrogens with one attached hydrogen (secondary N) is 1. The van der Waals surface area contributed by atoms with Crippen LogP contribution < -0.4 is 0 Å². The van der Waals surface area contributed by atoms with Gasteiger partial charge in [0.15, 0.2) is 0 Å². The summed E-state index contributed by atoms with van der Waals surface area (Å²) in [5.74, 6) is 0. The van der Waals surface area contributed by atoms with Crippen molar-refractivity contribution in [2.75, 3.05) is 0 Å². The van der Waals surface area contributed by atoms with Gasteiger partial charge in [0.25, 0.3) is 0 Å². The Morgan fingerprint density at radius 1 is 0.525 bits per heavy atom. The van der Waals surface area contributed by atoms with Crippen LogP contribution in [-0.4, -0.2) is 16.9 Å². The fraction of sp³-hybridized carbons (Fsp3) is 0.0536. The molecule has 1 aromatic heterocycles. The number of aromatic nitrogens is 1.